The average Bonchev–Trinajstić information content (AvgIpc) is 3.20. The Morgan fingerprint density at radius 1 is 1.00 bits per heavy atom. The quantitative estimate of drug-likeness (QED) is 0.467. The number of carbonyl (C=O) groups excluding carboxylic acids is 1. The van der Waals surface area contributed by atoms with Crippen LogP contribution in [-0.4, -0.2) is 24.5 Å². The molecule has 1 atom stereocenters. The van der Waals surface area contributed by atoms with Crippen LogP contribution in [0, 0.1) is 0 Å². The molecule has 0 saturated carbocycles. The number of benzene rings is 1. The van der Waals surface area contributed by atoms with Gasteiger partial charge in [-0.2, -0.15) is 0 Å². The van der Waals surface area contributed by atoms with Gasteiger partial charge in [0.15, 0.2) is 0 Å². The van der Waals surface area contributed by atoms with Crippen LogP contribution in [0.3, 0.4) is 0 Å². The van der Waals surface area contributed by atoms with Crippen molar-refractivity contribution in [2.75, 3.05) is 13.7 Å². The Hall–Kier alpha value is -2.23. The van der Waals surface area contributed by atoms with Crippen LogP contribution in [-0.2, 0) is 0 Å². The van der Waals surface area contributed by atoms with Gasteiger partial charge in [0, 0.05) is 6.54 Å². The molecule has 1 aromatic heterocycles. The van der Waals surface area contributed by atoms with Gasteiger partial charge in [0.1, 0.15) is 5.76 Å². The van der Waals surface area contributed by atoms with Gasteiger partial charge in [0.25, 0.3) is 11.9 Å². The lowest BCUT2D eigenvalue weighted by Crippen LogP contribution is -2.29. The third kappa shape index (κ3) is 3.90. The van der Waals surface area contributed by atoms with Gasteiger partial charge in [-0.15, -0.1) is 0 Å². The van der Waals surface area contributed by atoms with E-state index in [0.29, 0.717) is 11.5 Å². The minimum absolute atomic E-state index is 0.0299. The summed E-state index contributed by atoms with van der Waals surface area (Å²) in [5.74, 6) is 1.33. The summed E-state index contributed by atoms with van der Waals surface area (Å²) >= 11 is 0. The van der Waals surface area contributed by atoms with Crippen molar-refractivity contribution in [1.29, 1.82) is 0 Å². The summed E-state index contributed by atoms with van der Waals surface area (Å²) in [7, 11) is 1.61. The summed E-state index contributed by atoms with van der Waals surface area (Å²) in [6.07, 6.45) is 7.79. The van der Waals surface area contributed by atoms with Crippen molar-refractivity contribution < 1.29 is 13.9 Å². The number of amides is 1. The normalized spacial score (nSPS) is 16.0. The zero-order chi connectivity index (χ0) is 19.2. The number of fused-ring (bicyclic) bond motifs is 1. The van der Waals surface area contributed by atoms with E-state index in [0.717, 1.165) is 49.1 Å². The van der Waals surface area contributed by atoms with Crippen LogP contribution in [0.25, 0.3) is 11.1 Å². The highest BCUT2D eigenvalue weighted by Gasteiger charge is 2.43. The third-order valence-corrected chi connectivity index (χ3v) is 5.39. The monoisotopic (exact) mass is 369 g/mol. The maximum absolute atomic E-state index is 13.3. The van der Waals surface area contributed by atoms with Crippen molar-refractivity contribution >= 4 is 5.91 Å². The van der Waals surface area contributed by atoms with E-state index in [2.05, 4.69) is 13.8 Å². The zero-order valence-corrected chi connectivity index (χ0v) is 16.8. The fourth-order valence-electron chi connectivity index (χ4n) is 3.95. The van der Waals surface area contributed by atoms with Crippen LogP contribution in [0.15, 0.2) is 34.7 Å². The number of hydrogen-bond acceptors (Lipinski definition) is 3. The highest BCUT2D eigenvalue weighted by atomic mass is 16.6. The lowest BCUT2D eigenvalue weighted by atomic mass is 10.0. The summed E-state index contributed by atoms with van der Waals surface area (Å²) in [6, 6.07) is 9.97. The lowest BCUT2D eigenvalue weighted by molar-refractivity contribution is 0.0697. The Kier molecular flexibility index (Phi) is 6.59. The number of unbranched alkanes of at least 4 members (excludes halogenated alkanes) is 4. The second-order valence-electron chi connectivity index (χ2n) is 7.29. The minimum atomic E-state index is 0.0299. The topological polar surface area (TPSA) is 42.7 Å². The predicted molar refractivity (Wildman–Crippen MR) is 108 cm³/mol. The summed E-state index contributed by atoms with van der Waals surface area (Å²) in [4.78, 5) is 15.4. The van der Waals surface area contributed by atoms with Gasteiger partial charge in [0.2, 0.25) is 0 Å². The molecule has 0 spiro atoms. The van der Waals surface area contributed by atoms with Gasteiger partial charge in [-0.05, 0) is 18.4 Å². The van der Waals surface area contributed by atoms with Crippen LogP contribution >= 0.6 is 0 Å². The maximum Gasteiger partial charge on any atom is 0.293 e. The molecule has 1 aliphatic heterocycles. The molecule has 146 valence electrons. The smallest absolute Gasteiger partial charge is 0.293 e. The van der Waals surface area contributed by atoms with Gasteiger partial charge >= 0.3 is 0 Å². The Morgan fingerprint density at radius 2 is 1.74 bits per heavy atom. The van der Waals surface area contributed by atoms with E-state index in [1.165, 1.54) is 19.3 Å². The van der Waals surface area contributed by atoms with E-state index in [1.807, 2.05) is 35.2 Å². The van der Waals surface area contributed by atoms with E-state index in [4.69, 9.17) is 9.15 Å². The molecule has 0 aliphatic carbocycles. The Labute approximate surface area is 162 Å². The highest BCUT2D eigenvalue weighted by molar-refractivity contribution is 6.05. The maximum atomic E-state index is 13.3. The van der Waals surface area contributed by atoms with Gasteiger partial charge in [-0.25, -0.2) is 0 Å². The molecule has 1 amide bonds. The van der Waals surface area contributed by atoms with Crippen LogP contribution in [0.5, 0.6) is 5.95 Å². The van der Waals surface area contributed by atoms with E-state index >= 15 is 0 Å². The average molecular weight is 370 g/mol. The number of furan rings is 1. The first-order valence-electron chi connectivity index (χ1n) is 10.3. The standard InChI is InChI=1S/C23H31NO3/c1-4-6-8-12-15-18-21-20(22(25)24(18)16-7-5-2)19(23(26-3)27-21)17-13-10-9-11-14-17/h9-11,13-14,18H,4-8,12,15-16H2,1-3H3. The highest BCUT2D eigenvalue weighted by Crippen LogP contribution is 2.48. The minimum Gasteiger partial charge on any atom is -0.468 e. The van der Waals surface area contributed by atoms with Gasteiger partial charge in [-0.1, -0.05) is 76.3 Å². The fraction of sp³-hybridized carbons (Fsp3) is 0.522. The third-order valence-electron chi connectivity index (χ3n) is 5.39. The molecule has 4 heteroatoms. The van der Waals surface area contributed by atoms with Crippen molar-refractivity contribution in [2.45, 2.75) is 64.8 Å². The van der Waals surface area contributed by atoms with Crippen molar-refractivity contribution in [2.24, 2.45) is 0 Å². The number of hydrogen-bond donors (Lipinski definition) is 0. The molecule has 1 aromatic carbocycles. The van der Waals surface area contributed by atoms with E-state index in [9.17, 15) is 4.79 Å². The van der Waals surface area contributed by atoms with Crippen molar-refractivity contribution in [1.82, 2.24) is 4.90 Å². The molecular weight excluding hydrogens is 338 g/mol. The first-order chi connectivity index (χ1) is 13.2. The second-order valence-corrected chi connectivity index (χ2v) is 7.29. The number of nitrogens with zero attached hydrogens (tertiary/aromatic N) is 1. The molecule has 0 N–H and O–H groups in total. The summed E-state index contributed by atoms with van der Waals surface area (Å²) < 4.78 is 11.6. The lowest BCUT2D eigenvalue weighted by Gasteiger charge is -2.25. The molecule has 27 heavy (non-hydrogen) atoms. The van der Waals surface area contributed by atoms with Gasteiger partial charge in [0.05, 0.1) is 24.3 Å². The molecule has 2 heterocycles. The van der Waals surface area contributed by atoms with Crippen molar-refractivity contribution in [3.63, 3.8) is 0 Å². The molecule has 0 bridgehead atoms. The first kappa shape index (κ1) is 19.5. The zero-order valence-electron chi connectivity index (χ0n) is 16.8. The van der Waals surface area contributed by atoms with Crippen LogP contribution in [0.2, 0.25) is 0 Å². The number of methoxy groups -OCH3 is 1. The van der Waals surface area contributed by atoms with Gasteiger partial charge in [-0.3, -0.25) is 4.79 Å². The number of ether oxygens (including phenoxy) is 1. The predicted octanol–water partition coefficient (Wildman–Crippen LogP) is 6.22. The summed E-state index contributed by atoms with van der Waals surface area (Å²) in [6.45, 7) is 5.16. The molecule has 2 aromatic rings. The molecule has 0 radical (unpaired) electrons. The van der Waals surface area contributed by atoms with E-state index < -0.39 is 0 Å². The van der Waals surface area contributed by atoms with Crippen molar-refractivity contribution in [3.8, 4) is 17.1 Å². The van der Waals surface area contributed by atoms with Crippen LogP contribution in [0.4, 0.5) is 0 Å². The Bertz CT molecular complexity index is 750. The first-order valence-corrected chi connectivity index (χ1v) is 10.3. The van der Waals surface area contributed by atoms with E-state index in [-0.39, 0.29) is 11.9 Å². The van der Waals surface area contributed by atoms with E-state index in [1.54, 1.807) is 7.11 Å². The molecule has 0 saturated heterocycles. The number of carbonyl (C=O) groups is 1. The number of rotatable bonds is 10. The summed E-state index contributed by atoms with van der Waals surface area (Å²) in [5.41, 5.74) is 2.47. The molecule has 1 unspecified atom stereocenters. The summed E-state index contributed by atoms with van der Waals surface area (Å²) in [5, 5.41) is 0. The Balaban J connectivity index is 1.97. The molecule has 0 fully saturated rings. The largest absolute Gasteiger partial charge is 0.468 e. The SMILES string of the molecule is CCCCCCC1c2oc(OC)c(-c3ccccc3)c2C(=O)N1CCCC. The van der Waals surface area contributed by atoms with Gasteiger partial charge < -0.3 is 14.1 Å². The molecule has 1 aliphatic rings. The molecular formula is C23H31NO3. The second kappa shape index (κ2) is 9.12. The molecule has 3 rings (SSSR count). The molecule has 4 nitrogen and oxygen atoms in total. The fourth-order valence-corrected chi connectivity index (χ4v) is 3.95. The van der Waals surface area contributed by atoms with Crippen LogP contribution < -0.4 is 4.74 Å². The van der Waals surface area contributed by atoms with Crippen LogP contribution in [0.1, 0.15) is 81.0 Å². The Morgan fingerprint density at radius 3 is 2.41 bits per heavy atom. The van der Waals surface area contributed by atoms with Crippen molar-refractivity contribution in [3.05, 3.63) is 41.7 Å².